The molecule has 2 rings (SSSR count). The van der Waals surface area contributed by atoms with E-state index in [1.807, 2.05) is 0 Å². The molecule has 5 nitrogen and oxygen atoms in total. The zero-order valence-corrected chi connectivity index (χ0v) is 10.8. The van der Waals surface area contributed by atoms with Gasteiger partial charge in [-0.2, -0.15) is 0 Å². The van der Waals surface area contributed by atoms with E-state index >= 15 is 0 Å². The number of hydrogen-bond acceptors (Lipinski definition) is 3. The van der Waals surface area contributed by atoms with Gasteiger partial charge in [-0.1, -0.05) is 12.1 Å². The molecule has 1 heterocycles. The van der Waals surface area contributed by atoms with Crippen LogP contribution in [0.2, 0.25) is 0 Å². The van der Waals surface area contributed by atoms with Crippen LogP contribution in [0.1, 0.15) is 18.4 Å². The lowest BCUT2D eigenvalue weighted by Gasteiger charge is -2.15. The lowest BCUT2D eigenvalue weighted by molar-refractivity contribution is -0.105. The van der Waals surface area contributed by atoms with Gasteiger partial charge in [0, 0.05) is 18.8 Å². The standard InChI is InChI=1S/C12H16N2O3S/c15-10-13-12-5-3-11(4-6-12)9-18(16,17)14-7-1-2-8-14/h3-6,10H,1-2,7-9H2,(H,13,15). The van der Waals surface area contributed by atoms with E-state index in [2.05, 4.69) is 5.32 Å². The Morgan fingerprint density at radius 2 is 1.78 bits per heavy atom. The Kier molecular flexibility index (Phi) is 3.98. The molecule has 0 bridgehead atoms. The van der Waals surface area contributed by atoms with Gasteiger partial charge in [-0.15, -0.1) is 0 Å². The second-order valence-electron chi connectivity index (χ2n) is 4.32. The summed E-state index contributed by atoms with van der Waals surface area (Å²) in [5.41, 5.74) is 1.39. The highest BCUT2D eigenvalue weighted by Gasteiger charge is 2.25. The number of nitrogens with one attached hydrogen (secondary N) is 1. The average molecular weight is 268 g/mol. The highest BCUT2D eigenvalue weighted by Crippen LogP contribution is 2.18. The normalized spacial score (nSPS) is 16.7. The molecule has 1 aliphatic heterocycles. The number of carbonyl (C=O) groups excluding carboxylic acids is 1. The van der Waals surface area contributed by atoms with Gasteiger partial charge in [0.2, 0.25) is 16.4 Å². The first-order chi connectivity index (χ1) is 8.62. The van der Waals surface area contributed by atoms with Crippen molar-refractivity contribution in [2.45, 2.75) is 18.6 Å². The fraction of sp³-hybridized carbons (Fsp3) is 0.417. The molecule has 1 fully saturated rings. The maximum absolute atomic E-state index is 12.1. The van der Waals surface area contributed by atoms with Crippen molar-refractivity contribution >= 4 is 22.1 Å². The number of hydrogen-bond donors (Lipinski definition) is 1. The number of nitrogens with zero attached hydrogens (tertiary/aromatic N) is 1. The minimum Gasteiger partial charge on any atom is -0.329 e. The van der Waals surface area contributed by atoms with Gasteiger partial charge in [-0.25, -0.2) is 12.7 Å². The fourth-order valence-electron chi connectivity index (χ4n) is 2.03. The van der Waals surface area contributed by atoms with Crippen LogP contribution >= 0.6 is 0 Å². The Balaban J connectivity index is 2.06. The monoisotopic (exact) mass is 268 g/mol. The second-order valence-corrected chi connectivity index (χ2v) is 6.29. The molecule has 1 aromatic carbocycles. The summed E-state index contributed by atoms with van der Waals surface area (Å²) in [4.78, 5) is 10.2. The van der Waals surface area contributed by atoms with Crippen LogP contribution in [0.4, 0.5) is 5.69 Å². The van der Waals surface area contributed by atoms with Gasteiger partial charge in [-0.3, -0.25) is 4.79 Å². The third-order valence-corrected chi connectivity index (χ3v) is 4.84. The second kappa shape index (κ2) is 5.49. The Hall–Kier alpha value is -1.40. The van der Waals surface area contributed by atoms with Gasteiger partial charge < -0.3 is 5.32 Å². The number of sulfonamides is 1. The van der Waals surface area contributed by atoms with E-state index in [4.69, 9.17) is 0 Å². The van der Waals surface area contributed by atoms with Crippen LogP contribution in [0, 0.1) is 0 Å². The topological polar surface area (TPSA) is 66.5 Å². The lowest BCUT2D eigenvalue weighted by Crippen LogP contribution is -2.29. The highest BCUT2D eigenvalue weighted by atomic mass is 32.2. The van der Waals surface area contributed by atoms with Crippen LogP contribution in [0.15, 0.2) is 24.3 Å². The third kappa shape index (κ3) is 3.08. The molecule has 18 heavy (non-hydrogen) atoms. The molecule has 0 spiro atoms. The first-order valence-electron chi connectivity index (χ1n) is 5.89. The predicted molar refractivity (Wildman–Crippen MR) is 69.6 cm³/mol. The van der Waals surface area contributed by atoms with Gasteiger partial charge in [0.05, 0.1) is 5.75 Å². The molecule has 0 unspecified atom stereocenters. The van der Waals surface area contributed by atoms with E-state index in [1.54, 1.807) is 28.6 Å². The summed E-state index contributed by atoms with van der Waals surface area (Å²) in [6.07, 6.45) is 2.48. The molecular formula is C12H16N2O3S. The average Bonchev–Trinajstić information content (AvgIpc) is 2.86. The minimum absolute atomic E-state index is 0.0222. The lowest BCUT2D eigenvalue weighted by atomic mass is 10.2. The van der Waals surface area contributed by atoms with Gasteiger partial charge >= 0.3 is 0 Å². The summed E-state index contributed by atoms with van der Waals surface area (Å²) in [7, 11) is -3.19. The van der Waals surface area contributed by atoms with Crippen molar-refractivity contribution in [3.8, 4) is 0 Å². The molecule has 1 saturated heterocycles. The van der Waals surface area contributed by atoms with E-state index in [0.717, 1.165) is 18.4 Å². The van der Waals surface area contributed by atoms with Crippen molar-refractivity contribution in [2.24, 2.45) is 0 Å². The Bertz CT molecular complexity index is 505. The van der Waals surface area contributed by atoms with Crippen LogP contribution < -0.4 is 5.32 Å². The molecular weight excluding hydrogens is 252 g/mol. The first-order valence-corrected chi connectivity index (χ1v) is 7.50. The van der Waals surface area contributed by atoms with E-state index in [0.29, 0.717) is 25.2 Å². The summed E-state index contributed by atoms with van der Waals surface area (Å²) in [6, 6.07) is 6.84. The molecule has 0 aromatic heterocycles. The zero-order chi connectivity index (χ0) is 13.0. The molecule has 1 aliphatic rings. The first kappa shape index (κ1) is 13.0. The largest absolute Gasteiger partial charge is 0.329 e. The van der Waals surface area contributed by atoms with E-state index in [9.17, 15) is 13.2 Å². The molecule has 1 aromatic rings. The van der Waals surface area contributed by atoms with Crippen LogP contribution in [-0.2, 0) is 20.6 Å². The van der Waals surface area contributed by atoms with Crippen molar-refractivity contribution in [3.63, 3.8) is 0 Å². The Morgan fingerprint density at radius 3 is 2.33 bits per heavy atom. The summed E-state index contributed by atoms with van der Waals surface area (Å²) < 4.78 is 25.7. The Morgan fingerprint density at radius 1 is 1.17 bits per heavy atom. The summed E-state index contributed by atoms with van der Waals surface area (Å²) in [6.45, 7) is 1.26. The van der Waals surface area contributed by atoms with Crippen molar-refractivity contribution in [2.75, 3.05) is 18.4 Å². The van der Waals surface area contributed by atoms with Crippen molar-refractivity contribution < 1.29 is 13.2 Å². The van der Waals surface area contributed by atoms with Crippen LogP contribution in [0.3, 0.4) is 0 Å². The molecule has 98 valence electrons. The van der Waals surface area contributed by atoms with E-state index in [1.165, 1.54) is 0 Å². The molecule has 1 N–H and O–H groups in total. The van der Waals surface area contributed by atoms with Gasteiger partial charge in [0.15, 0.2) is 0 Å². The summed E-state index contributed by atoms with van der Waals surface area (Å²) >= 11 is 0. The molecule has 6 heteroatoms. The molecule has 0 radical (unpaired) electrons. The number of benzene rings is 1. The smallest absolute Gasteiger partial charge is 0.218 e. The van der Waals surface area contributed by atoms with Crippen molar-refractivity contribution in [1.29, 1.82) is 0 Å². The van der Waals surface area contributed by atoms with E-state index in [-0.39, 0.29) is 5.75 Å². The predicted octanol–water partition coefficient (Wildman–Crippen LogP) is 1.18. The van der Waals surface area contributed by atoms with Crippen molar-refractivity contribution in [3.05, 3.63) is 29.8 Å². The summed E-state index contributed by atoms with van der Waals surface area (Å²) in [5.74, 6) is 0.0222. The van der Waals surface area contributed by atoms with Crippen molar-refractivity contribution in [1.82, 2.24) is 4.31 Å². The maximum atomic E-state index is 12.1. The van der Waals surface area contributed by atoms with E-state index < -0.39 is 10.0 Å². The summed E-state index contributed by atoms with van der Waals surface area (Å²) in [5, 5.41) is 2.51. The van der Waals surface area contributed by atoms with Gasteiger partial charge in [-0.05, 0) is 30.5 Å². The van der Waals surface area contributed by atoms with Crippen LogP contribution in [0.25, 0.3) is 0 Å². The van der Waals surface area contributed by atoms with Gasteiger partial charge in [0.1, 0.15) is 0 Å². The van der Waals surface area contributed by atoms with Gasteiger partial charge in [0.25, 0.3) is 0 Å². The maximum Gasteiger partial charge on any atom is 0.218 e. The van der Waals surface area contributed by atoms with Crippen LogP contribution in [0.5, 0.6) is 0 Å². The number of carbonyl (C=O) groups is 1. The molecule has 1 amide bonds. The third-order valence-electron chi connectivity index (χ3n) is 2.99. The number of anilines is 1. The molecule has 0 aliphatic carbocycles. The number of amides is 1. The molecule has 0 atom stereocenters. The minimum atomic E-state index is -3.19. The quantitative estimate of drug-likeness (QED) is 0.815. The highest BCUT2D eigenvalue weighted by molar-refractivity contribution is 7.88. The number of rotatable bonds is 5. The Labute approximate surface area is 107 Å². The van der Waals surface area contributed by atoms with Crippen LogP contribution in [-0.4, -0.2) is 32.2 Å². The fourth-order valence-corrected chi connectivity index (χ4v) is 3.64. The zero-order valence-electron chi connectivity index (χ0n) is 10.0. The molecule has 0 saturated carbocycles. The SMILES string of the molecule is O=CNc1ccc(CS(=O)(=O)N2CCCC2)cc1.